The van der Waals surface area contributed by atoms with Crippen LogP contribution in [0, 0.1) is 13.8 Å². The summed E-state index contributed by atoms with van der Waals surface area (Å²) in [6.07, 6.45) is 4.04. The zero-order valence-electron chi connectivity index (χ0n) is 13.2. The molecule has 0 bridgehead atoms. The molecule has 118 valence electrons. The summed E-state index contributed by atoms with van der Waals surface area (Å²) in [5.74, 6) is 0.646. The summed E-state index contributed by atoms with van der Waals surface area (Å²) in [5.41, 5.74) is 3.31. The number of methoxy groups -OCH3 is 1. The van der Waals surface area contributed by atoms with E-state index in [0.29, 0.717) is 5.88 Å². The van der Waals surface area contributed by atoms with Gasteiger partial charge in [-0.2, -0.15) is 5.10 Å². The molecule has 6 nitrogen and oxygen atoms in total. The fraction of sp³-hybridized carbons (Fsp3) is 0.500. The first-order valence-corrected chi connectivity index (χ1v) is 7.52. The molecular formula is C16H22N4O2. The molecule has 2 heterocycles. The Balaban J connectivity index is 1.68. The van der Waals surface area contributed by atoms with Crippen LogP contribution in [0.15, 0.2) is 24.5 Å². The van der Waals surface area contributed by atoms with Crippen LogP contribution in [0.4, 0.5) is 0 Å². The Kier molecular flexibility index (Phi) is 4.13. The highest BCUT2D eigenvalue weighted by Gasteiger charge is 2.41. The minimum Gasteiger partial charge on any atom is -0.481 e. The zero-order valence-corrected chi connectivity index (χ0v) is 13.2. The summed E-state index contributed by atoms with van der Waals surface area (Å²) >= 11 is 0. The fourth-order valence-corrected chi connectivity index (χ4v) is 3.06. The molecule has 1 saturated carbocycles. The lowest BCUT2D eigenvalue weighted by Crippen LogP contribution is -2.54. The fourth-order valence-electron chi connectivity index (χ4n) is 3.06. The van der Waals surface area contributed by atoms with Crippen molar-refractivity contribution in [3.8, 4) is 5.88 Å². The van der Waals surface area contributed by atoms with Gasteiger partial charge in [0.05, 0.1) is 19.3 Å². The average Bonchev–Trinajstić information content (AvgIpc) is 2.98. The number of aliphatic hydroxyl groups excluding tert-OH is 1. The van der Waals surface area contributed by atoms with Crippen LogP contribution in [-0.2, 0) is 6.54 Å². The van der Waals surface area contributed by atoms with Gasteiger partial charge in [0.25, 0.3) is 0 Å². The van der Waals surface area contributed by atoms with Crippen molar-refractivity contribution >= 4 is 0 Å². The Labute approximate surface area is 130 Å². The number of aliphatic hydroxyl groups is 1. The van der Waals surface area contributed by atoms with E-state index in [1.807, 2.05) is 29.9 Å². The maximum atomic E-state index is 9.99. The Hall–Kier alpha value is -1.92. The van der Waals surface area contributed by atoms with Gasteiger partial charge >= 0.3 is 0 Å². The molecular weight excluding hydrogens is 280 g/mol. The van der Waals surface area contributed by atoms with Gasteiger partial charge in [-0.25, -0.2) is 4.98 Å². The lowest BCUT2D eigenvalue weighted by molar-refractivity contribution is -0.00825. The van der Waals surface area contributed by atoms with E-state index >= 15 is 0 Å². The van der Waals surface area contributed by atoms with Crippen LogP contribution in [0.3, 0.4) is 0 Å². The molecule has 2 aromatic heterocycles. The van der Waals surface area contributed by atoms with E-state index < -0.39 is 0 Å². The molecule has 0 spiro atoms. The van der Waals surface area contributed by atoms with E-state index in [1.54, 1.807) is 13.3 Å². The molecule has 0 radical (unpaired) electrons. The lowest BCUT2D eigenvalue weighted by atomic mass is 9.83. The van der Waals surface area contributed by atoms with Gasteiger partial charge in [0.1, 0.15) is 0 Å². The van der Waals surface area contributed by atoms with Crippen LogP contribution >= 0.6 is 0 Å². The van der Waals surface area contributed by atoms with E-state index in [9.17, 15) is 5.11 Å². The van der Waals surface area contributed by atoms with E-state index in [2.05, 4.69) is 22.3 Å². The topological polar surface area (TPSA) is 72.2 Å². The highest BCUT2D eigenvalue weighted by molar-refractivity contribution is 5.33. The van der Waals surface area contributed by atoms with Crippen molar-refractivity contribution in [1.29, 1.82) is 0 Å². The highest BCUT2D eigenvalue weighted by atomic mass is 16.5. The first kappa shape index (κ1) is 15.0. The van der Waals surface area contributed by atoms with Crippen LogP contribution in [0.2, 0.25) is 0 Å². The minimum absolute atomic E-state index is 0.00168. The van der Waals surface area contributed by atoms with Crippen LogP contribution in [0.5, 0.6) is 5.88 Å². The molecule has 2 N–H and O–H groups in total. The third-order valence-electron chi connectivity index (χ3n) is 4.41. The second-order valence-corrected chi connectivity index (χ2v) is 5.81. The quantitative estimate of drug-likeness (QED) is 0.873. The maximum absolute atomic E-state index is 9.99. The molecule has 3 rings (SSSR count). The normalized spacial score (nSPS) is 24.1. The summed E-state index contributed by atoms with van der Waals surface area (Å²) in [6, 6.07) is 4.05. The Morgan fingerprint density at radius 2 is 2.27 bits per heavy atom. The molecule has 1 aliphatic carbocycles. The number of ether oxygens (including phenoxy) is 1. The van der Waals surface area contributed by atoms with Gasteiger partial charge in [0.15, 0.2) is 0 Å². The monoisotopic (exact) mass is 302 g/mol. The first-order chi connectivity index (χ1) is 10.6. The molecule has 0 aromatic carbocycles. The van der Waals surface area contributed by atoms with Crippen LogP contribution in [0.25, 0.3) is 0 Å². The predicted molar refractivity (Wildman–Crippen MR) is 82.8 cm³/mol. The van der Waals surface area contributed by atoms with Gasteiger partial charge in [0, 0.05) is 36.7 Å². The van der Waals surface area contributed by atoms with Gasteiger partial charge < -0.3 is 15.2 Å². The molecule has 1 fully saturated rings. The van der Waals surface area contributed by atoms with Crippen molar-refractivity contribution in [3.05, 3.63) is 41.3 Å². The van der Waals surface area contributed by atoms with Gasteiger partial charge in [0.2, 0.25) is 5.88 Å². The van der Waals surface area contributed by atoms with Gasteiger partial charge in [-0.1, -0.05) is 0 Å². The average molecular weight is 302 g/mol. The summed E-state index contributed by atoms with van der Waals surface area (Å²) in [4.78, 5) is 4.43. The molecule has 6 heteroatoms. The van der Waals surface area contributed by atoms with Gasteiger partial charge in [-0.05, 0) is 37.5 Å². The number of rotatable bonds is 5. The zero-order chi connectivity index (χ0) is 15.7. The summed E-state index contributed by atoms with van der Waals surface area (Å²) in [5, 5.41) is 17.8. The van der Waals surface area contributed by atoms with Crippen molar-refractivity contribution < 1.29 is 9.84 Å². The summed E-state index contributed by atoms with van der Waals surface area (Å²) < 4.78 is 7.02. The second-order valence-electron chi connectivity index (χ2n) is 5.81. The van der Waals surface area contributed by atoms with E-state index in [-0.39, 0.29) is 18.2 Å². The third kappa shape index (κ3) is 2.71. The van der Waals surface area contributed by atoms with Crippen molar-refractivity contribution in [3.63, 3.8) is 0 Å². The minimum atomic E-state index is -0.339. The SMILES string of the molecule is COc1cc(C)c(CN[C@H]2C[C@@H](O)[C@@H]2n2cccn2)c(C)n1. The Morgan fingerprint density at radius 1 is 1.45 bits per heavy atom. The maximum Gasteiger partial charge on any atom is 0.213 e. The Bertz CT molecular complexity index is 619. The van der Waals surface area contributed by atoms with Crippen molar-refractivity contribution in [2.75, 3.05) is 7.11 Å². The smallest absolute Gasteiger partial charge is 0.213 e. The van der Waals surface area contributed by atoms with Crippen molar-refractivity contribution in [2.24, 2.45) is 0 Å². The Morgan fingerprint density at radius 3 is 2.86 bits per heavy atom. The third-order valence-corrected chi connectivity index (χ3v) is 4.41. The molecule has 0 unspecified atom stereocenters. The van der Waals surface area contributed by atoms with Crippen LogP contribution in [-0.4, -0.2) is 39.1 Å². The number of aryl methyl sites for hydroxylation is 2. The number of nitrogens with one attached hydrogen (secondary N) is 1. The summed E-state index contributed by atoms with van der Waals surface area (Å²) in [6.45, 7) is 4.78. The molecule has 0 aliphatic heterocycles. The molecule has 0 amide bonds. The van der Waals surface area contributed by atoms with Gasteiger partial charge in [-0.3, -0.25) is 4.68 Å². The molecule has 1 aliphatic rings. The predicted octanol–water partition coefficient (Wildman–Crippen LogP) is 1.37. The van der Waals surface area contributed by atoms with E-state index in [4.69, 9.17) is 4.74 Å². The second kappa shape index (κ2) is 6.06. The standard InChI is InChI=1S/C16H22N4O2/c1-10-7-15(22-3)19-11(2)12(10)9-17-13-8-14(21)16(13)20-6-4-5-18-20/h4-7,13-14,16-17,21H,8-9H2,1-3H3/t13-,14+,16+/m0/s1. The number of hydrogen-bond acceptors (Lipinski definition) is 5. The van der Waals surface area contributed by atoms with Crippen molar-refractivity contribution in [2.45, 2.75) is 45.0 Å². The van der Waals surface area contributed by atoms with Crippen LogP contribution < -0.4 is 10.1 Å². The highest BCUT2D eigenvalue weighted by Crippen LogP contribution is 2.32. The molecule has 3 atom stereocenters. The molecule has 22 heavy (non-hydrogen) atoms. The number of pyridine rings is 1. The first-order valence-electron chi connectivity index (χ1n) is 7.52. The lowest BCUT2D eigenvalue weighted by Gasteiger charge is -2.42. The largest absolute Gasteiger partial charge is 0.481 e. The molecule has 0 saturated heterocycles. The van der Waals surface area contributed by atoms with Crippen LogP contribution in [0.1, 0.15) is 29.3 Å². The molecule has 2 aromatic rings. The number of aromatic nitrogens is 3. The number of nitrogens with zero attached hydrogens (tertiary/aromatic N) is 3. The summed E-state index contributed by atoms with van der Waals surface area (Å²) in [7, 11) is 1.63. The van der Waals surface area contributed by atoms with E-state index in [1.165, 1.54) is 5.56 Å². The van der Waals surface area contributed by atoms with E-state index in [0.717, 1.165) is 24.2 Å². The van der Waals surface area contributed by atoms with Crippen molar-refractivity contribution in [1.82, 2.24) is 20.1 Å². The number of hydrogen-bond donors (Lipinski definition) is 2. The van der Waals surface area contributed by atoms with Gasteiger partial charge in [-0.15, -0.1) is 0 Å².